The van der Waals surface area contributed by atoms with Crippen LogP contribution in [0.3, 0.4) is 0 Å². The SMILES string of the molecule is CC(C)Oc1cc(C(=N)c2ccnc(N3CCN(C)CC3)c2)c(N)cn1.[HH]. The predicted molar refractivity (Wildman–Crippen MR) is 106 cm³/mol. The number of rotatable bonds is 5. The second kappa shape index (κ2) is 7.70. The lowest BCUT2D eigenvalue weighted by Gasteiger charge is -2.33. The molecular formula is C19H28N6O. The second-order valence-corrected chi connectivity index (χ2v) is 6.84. The first kappa shape index (κ1) is 18.1. The third-order valence-electron chi connectivity index (χ3n) is 4.40. The lowest BCUT2D eigenvalue weighted by molar-refractivity contribution is 0.232. The molecule has 0 bridgehead atoms. The van der Waals surface area contributed by atoms with E-state index < -0.39 is 0 Å². The Morgan fingerprint density at radius 1 is 1.23 bits per heavy atom. The van der Waals surface area contributed by atoms with Gasteiger partial charge in [-0.15, -0.1) is 0 Å². The van der Waals surface area contributed by atoms with Crippen molar-refractivity contribution < 1.29 is 6.16 Å². The van der Waals surface area contributed by atoms with Crippen LogP contribution in [-0.4, -0.2) is 59.9 Å². The number of anilines is 2. The summed E-state index contributed by atoms with van der Waals surface area (Å²) >= 11 is 0. The first-order valence-electron chi connectivity index (χ1n) is 8.85. The summed E-state index contributed by atoms with van der Waals surface area (Å²) in [6, 6.07) is 5.52. The normalized spacial score (nSPS) is 15.3. The summed E-state index contributed by atoms with van der Waals surface area (Å²) < 4.78 is 5.64. The van der Waals surface area contributed by atoms with Gasteiger partial charge < -0.3 is 20.3 Å². The largest absolute Gasteiger partial charge is 0.475 e. The Morgan fingerprint density at radius 3 is 2.65 bits per heavy atom. The van der Waals surface area contributed by atoms with Crippen LogP contribution >= 0.6 is 0 Å². The zero-order valence-corrected chi connectivity index (χ0v) is 15.6. The Kier molecular flexibility index (Phi) is 5.37. The molecular weight excluding hydrogens is 328 g/mol. The monoisotopic (exact) mass is 356 g/mol. The minimum atomic E-state index is 0. The van der Waals surface area contributed by atoms with E-state index >= 15 is 0 Å². The zero-order valence-electron chi connectivity index (χ0n) is 15.6. The van der Waals surface area contributed by atoms with Gasteiger partial charge in [0.25, 0.3) is 0 Å². The minimum Gasteiger partial charge on any atom is -0.475 e. The highest BCUT2D eigenvalue weighted by atomic mass is 16.5. The summed E-state index contributed by atoms with van der Waals surface area (Å²) in [4.78, 5) is 13.2. The molecule has 0 saturated carbocycles. The molecule has 1 fully saturated rings. The lowest BCUT2D eigenvalue weighted by Crippen LogP contribution is -2.44. The Balaban J connectivity index is 0.00000261. The number of piperazine rings is 1. The molecule has 0 atom stereocenters. The van der Waals surface area contributed by atoms with Gasteiger partial charge in [-0.3, -0.25) is 5.41 Å². The van der Waals surface area contributed by atoms with Crippen LogP contribution < -0.4 is 15.4 Å². The molecule has 1 aliphatic rings. The molecule has 3 N–H and O–H groups in total. The Bertz CT molecular complexity index is 790. The smallest absolute Gasteiger partial charge is 0.214 e. The number of aromatic nitrogens is 2. The van der Waals surface area contributed by atoms with Gasteiger partial charge in [-0.1, -0.05) is 0 Å². The van der Waals surface area contributed by atoms with Gasteiger partial charge in [0.05, 0.1) is 23.7 Å². The van der Waals surface area contributed by atoms with E-state index in [0.29, 0.717) is 22.8 Å². The average molecular weight is 356 g/mol. The van der Waals surface area contributed by atoms with Crippen molar-refractivity contribution in [1.29, 1.82) is 5.41 Å². The van der Waals surface area contributed by atoms with Crippen LogP contribution in [0.1, 0.15) is 26.4 Å². The van der Waals surface area contributed by atoms with Crippen LogP contribution in [0, 0.1) is 5.41 Å². The molecule has 0 unspecified atom stereocenters. The number of likely N-dealkylation sites (N-methyl/N-ethyl adjacent to an activating group) is 1. The van der Waals surface area contributed by atoms with E-state index in [2.05, 4.69) is 26.8 Å². The molecule has 7 heteroatoms. The minimum absolute atomic E-state index is 0. The van der Waals surface area contributed by atoms with Crippen molar-refractivity contribution in [3.8, 4) is 5.88 Å². The molecule has 1 saturated heterocycles. The molecule has 0 aromatic carbocycles. The van der Waals surface area contributed by atoms with E-state index in [1.54, 1.807) is 18.5 Å². The maximum Gasteiger partial charge on any atom is 0.214 e. The van der Waals surface area contributed by atoms with Crippen molar-refractivity contribution in [3.05, 3.63) is 41.7 Å². The number of nitrogens with zero attached hydrogens (tertiary/aromatic N) is 4. The number of nitrogens with one attached hydrogen (secondary N) is 1. The van der Waals surface area contributed by atoms with Crippen molar-refractivity contribution in [2.24, 2.45) is 0 Å². The number of pyridine rings is 2. The van der Waals surface area contributed by atoms with Gasteiger partial charge in [0, 0.05) is 51.0 Å². The van der Waals surface area contributed by atoms with E-state index in [1.165, 1.54) is 0 Å². The summed E-state index contributed by atoms with van der Waals surface area (Å²) in [5.74, 6) is 1.37. The Hall–Kier alpha value is -2.67. The highest BCUT2D eigenvalue weighted by molar-refractivity contribution is 6.14. The van der Waals surface area contributed by atoms with Crippen LogP contribution in [0.2, 0.25) is 0 Å². The van der Waals surface area contributed by atoms with Crippen LogP contribution in [0.25, 0.3) is 0 Å². The molecule has 7 nitrogen and oxygen atoms in total. The highest BCUT2D eigenvalue weighted by Crippen LogP contribution is 2.23. The molecule has 0 amide bonds. The van der Waals surface area contributed by atoms with E-state index in [0.717, 1.165) is 37.6 Å². The average Bonchev–Trinajstić information content (AvgIpc) is 2.63. The molecule has 3 heterocycles. The molecule has 0 radical (unpaired) electrons. The predicted octanol–water partition coefficient (Wildman–Crippen LogP) is 2.26. The van der Waals surface area contributed by atoms with Crippen LogP contribution in [0.4, 0.5) is 11.5 Å². The van der Waals surface area contributed by atoms with Gasteiger partial charge >= 0.3 is 0 Å². The summed E-state index contributed by atoms with van der Waals surface area (Å²) in [6.45, 7) is 7.77. The van der Waals surface area contributed by atoms with Gasteiger partial charge in [0.15, 0.2) is 0 Å². The van der Waals surface area contributed by atoms with E-state index in [1.807, 2.05) is 26.0 Å². The van der Waals surface area contributed by atoms with Crippen molar-refractivity contribution >= 4 is 17.2 Å². The third-order valence-corrected chi connectivity index (χ3v) is 4.40. The summed E-state index contributed by atoms with van der Waals surface area (Å²) in [5.41, 5.74) is 8.27. The molecule has 3 rings (SSSR count). The first-order chi connectivity index (χ1) is 12.4. The number of ether oxygens (including phenoxy) is 1. The van der Waals surface area contributed by atoms with E-state index in [-0.39, 0.29) is 7.53 Å². The topological polar surface area (TPSA) is 91.4 Å². The summed E-state index contributed by atoms with van der Waals surface area (Å²) in [5, 5.41) is 8.62. The van der Waals surface area contributed by atoms with E-state index in [4.69, 9.17) is 15.9 Å². The number of nitrogen functional groups attached to an aromatic ring is 1. The zero-order chi connectivity index (χ0) is 18.7. The first-order valence-corrected chi connectivity index (χ1v) is 8.85. The molecule has 2 aromatic heterocycles. The number of nitrogens with two attached hydrogens (primary N) is 1. The summed E-state index contributed by atoms with van der Waals surface area (Å²) in [7, 11) is 2.12. The van der Waals surface area contributed by atoms with Crippen molar-refractivity contribution in [2.45, 2.75) is 20.0 Å². The molecule has 1 aliphatic heterocycles. The van der Waals surface area contributed by atoms with Gasteiger partial charge in [-0.2, -0.15) is 0 Å². The van der Waals surface area contributed by atoms with Crippen LogP contribution in [0.5, 0.6) is 5.88 Å². The Labute approximate surface area is 155 Å². The summed E-state index contributed by atoms with van der Waals surface area (Å²) in [6.07, 6.45) is 3.31. The van der Waals surface area contributed by atoms with Crippen LogP contribution in [-0.2, 0) is 0 Å². The fourth-order valence-corrected chi connectivity index (χ4v) is 2.91. The van der Waals surface area contributed by atoms with Gasteiger partial charge in [-0.05, 0) is 33.0 Å². The van der Waals surface area contributed by atoms with Crippen LogP contribution in [0.15, 0.2) is 30.6 Å². The van der Waals surface area contributed by atoms with Gasteiger partial charge in [0.2, 0.25) is 5.88 Å². The molecule has 140 valence electrons. The molecule has 26 heavy (non-hydrogen) atoms. The maximum absolute atomic E-state index is 8.62. The van der Waals surface area contributed by atoms with Crippen molar-refractivity contribution in [2.75, 3.05) is 43.9 Å². The highest BCUT2D eigenvalue weighted by Gasteiger charge is 2.17. The maximum atomic E-state index is 8.62. The van der Waals surface area contributed by atoms with Crippen molar-refractivity contribution in [1.82, 2.24) is 14.9 Å². The fraction of sp³-hybridized carbons (Fsp3) is 0.421. The third kappa shape index (κ3) is 4.11. The van der Waals surface area contributed by atoms with Crippen molar-refractivity contribution in [3.63, 3.8) is 0 Å². The van der Waals surface area contributed by atoms with Gasteiger partial charge in [-0.25, -0.2) is 9.97 Å². The lowest BCUT2D eigenvalue weighted by atomic mass is 10.0. The molecule has 0 spiro atoms. The van der Waals surface area contributed by atoms with Gasteiger partial charge in [0.1, 0.15) is 5.82 Å². The second-order valence-electron chi connectivity index (χ2n) is 6.84. The fourth-order valence-electron chi connectivity index (χ4n) is 2.91. The Morgan fingerprint density at radius 2 is 1.96 bits per heavy atom. The number of hydrogen-bond acceptors (Lipinski definition) is 7. The van der Waals surface area contributed by atoms with E-state index in [9.17, 15) is 0 Å². The standard InChI is InChI=1S/C19H26N6O.H2/c1-13(2)26-18-11-15(16(20)12-23-18)19(21)14-4-5-22-17(10-14)25-8-6-24(3)7-9-25;/h4-5,10-13,21H,6-9,20H2,1-3H3;1H. The molecule has 2 aromatic rings. The number of hydrogen-bond donors (Lipinski definition) is 2. The quantitative estimate of drug-likeness (QED) is 0.799. The molecule has 0 aliphatic carbocycles.